The van der Waals surface area contributed by atoms with E-state index in [0.29, 0.717) is 0 Å². The Hall–Kier alpha value is -0.260. The van der Waals surface area contributed by atoms with Gasteiger partial charge in [-0.05, 0) is 73.0 Å². The molecule has 0 aliphatic carbocycles. The molecule has 20 heavy (non-hydrogen) atoms. The molecule has 3 fully saturated rings. The van der Waals surface area contributed by atoms with Crippen LogP contribution in [-0.4, -0.2) is 81.0 Å². The molecule has 0 aromatic rings. The SMILES string of the molecule is CN1CC(F)(F)C1.CN1CCCC1.CN1CCCCC1. The minimum absolute atomic E-state index is 0.0625. The summed E-state index contributed by atoms with van der Waals surface area (Å²) in [5.41, 5.74) is 0. The highest BCUT2D eigenvalue weighted by Gasteiger charge is 2.41. The fourth-order valence-electron chi connectivity index (χ4n) is 2.67. The Morgan fingerprint density at radius 2 is 0.950 bits per heavy atom. The molecule has 3 aliphatic heterocycles. The lowest BCUT2D eigenvalue weighted by Gasteiger charge is -2.35. The lowest BCUT2D eigenvalue weighted by molar-refractivity contribution is -0.119. The topological polar surface area (TPSA) is 9.72 Å². The van der Waals surface area contributed by atoms with E-state index in [9.17, 15) is 8.78 Å². The first-order valence-electron chi connectivity index (χ1n) is 7.82. The molecule has 0 N–H and O–H groups in total. The summed E-state index contributed by atoms with van der Waals surface area (Å²) >= 11 is 0. The molecule has 0 atom stereocenters. The molecule has 3 rings (SSSR count). The number of alkyl halides is 2. The Kier molecular flexibility index (Phi) is 7.92. The van der Waals surface area contributed by atoms with E-state index >= 15 is 0 Å². The van der Waals surface area contributed by atoms with Crippen LogP contribution in [0.3, 0.4) is 0 Å². The Bertz CT molecular complexity index is 242. The fraction of sp³-hybridized carbons (Fsp3) is 1.00. The molecule has 0 saturated carbocycles. The largest absolute Gasteiger partial charge is 0.306 e. The summed E-state index contributed by atoms with van der Waals surface area (Å²) < 4.78 is 23.5. The van der Waals surface area contributed by atoms with Crippen molar-refractivity contribution < 1.29 is 8.78 Å². The maximum Gasteiger partial charge on any atom is 0.272 e. The number of halogens is 2. The van der Waals surface area contributed by atoms with E-state index in [1.165, 1.54) is 58.3 Å². The summed E-state index contributed by atoms with van der Waals surface area (Å²) in [4.78, 5) is 6.34. The molecule has 3 heterocycles. The average molecular weight is 291 g/mol. The summed E-state index contributed by atoms with van der Waals surface area (Å²) in [7, 11) is 6.05. The zero-order valence-electron chi connectivity index (χ0n) is 13.4. The van der Waals surface area contributed by atoms with Crippen LogP contribution in [0.4, 0.5) is 8.78 Å². The summed E-state index contributed by atoms with van der Waals surface area (Å²) in [6.07, 6.45) is 7.10. The molecule has 3 saturated heterocycles. The zero-order valence-corrected chi connectivity index (χ0v) is 13.4. The van der Waals surface area contributed by atoms with E-state index in [1.807, 2.05) is 0 Å². The number of hydrogen-bond acceptors (Lipinski definition) is 3. The number of hydrogen-bond donors (Lipinski definition) is 0. The first-order chi connectivity index (χ1) is 9.39. The molecule has 0 bridgehead atoms. The molecule has 3 nitrogen and oxygen atoms in total. The van der Waals surface area contributed by atoms with Crippen molar-refractivity contribution in [3.8, 4) is 0 Å². The van der Waals surface area contributed by atoms with Crippen LogP contribution in [0, 0.1) is 0 Å². The van der Waals surface area contributed by atoms with E-state index in [2.05, 4.69) is 23.9 Å². The van der Waals surface area contributed by atoms with Crippen LogP contribution >= 0.6 is 0 Å². The highest BCUT2D eigenvalue weighted by atomic mass is 19.3. The van der Waals surface area contributed by atoms with Gasteiger partial charge in [0, 0.05) is 0 Å². The van der Waals surface area contributed by atoms with Gasteiger partial charge in [0.15, 0.2) is 0 Å². The van der Waals surface area contributed by atoms with Gasteiger partial charge in [0.2, 0.25) is 0 Å². The molecule has 5 heteroatoms. The average Bonchev–Trinajstić information content (AvgIpc) is 2.80. The van der Waals surface area contributed by atoms with Gasteiger partial charge in [-0.3, -0.25) is 4.90 Å². The van der Waals surface area contributed by atoms with E-state index in [4.69, 9.17) is 0 Å². The van der Waals surface area contributed by atoms with Crippen molar-refractivity contribution in [3.05, 3.63) is 0 Å². The predicted octanol–water partition coefficient (Wildman–Crippen LogP) is 2.38. The standard InChI is InChI=1S/C6H13N.C5H11N.C4H7F2N/c1-7-5-3-2-4-6-7;1-6-4-2-3-5-6;1-7-2-4(5,6)3-7/h2-6H2,1H3;2-5H2,1H3;2-3H2,1H3. The van der Waals surface area contributed by atoms with E-state index in [-0.39, 0.29) is 13.1 Å². The summed E-state index contributed by atoms with van der Waals surface area (Å²) in [5.74, 6) is -2.38. The lowest BCUT2D eigenvalue weighted by Crippen LogP contribution is -2.53. The van der Waals surface area contributed by atoms with Gasteiger partial charge in [-0.2, -0.15) is 0 Å². The third kappa shape index (κ3) is 8.12. The second kappa shape index (κ2) is 8.90. The van der Waals surface area contributed by atoms with Gasteiger partial charge in [0.05, 0.1) is 13.1 Å². The van der Waals surface area contributed by atoms with Crippen molar-refractivity contribution in [3.63, 3.8) is 0 Å². The second-order valence-electron chi connectivity index (χ2n) is 6.40. The number of nitrogens with zero attached hydrogens (tertiary/aromatic N) is 3. The van der Waals surface area contributed by atoms with Crippen molar-refractivity contribution in [2.24, 2.45) is 0 Å². The van der Waals surface area contributed by atoms with Gasteiger partial charge in [0.1, 0.15) is 0 Å². The van der Waals surface area contributed by atoms with E-state index in [0.717, 1.165) is 0 Å². The predicted molar refractivity (Wildman–Crippen MR) is 80.5 cm³/mol. The van der Waals surface area contributed by atoms with E-state index < -0.39 is 5.92 Å². The number of likely N-dealkylation sites (tertiary alicyclic amines) is 3. The van der Waals surface area contributed by atoms with Crippen LogP contribution in [0.5, 0.6) is 0 Å². The molecule has 0 aromatic carbocycles. The number of piperidine rings is 1. The molecule has 0 spiro atoms. The third-order valence-electron chi connectivity index (χ3n) is 3.91. The minimum atomic E-state index is -2.38. The summed E-state index contributed by atoms with van der Waals surface area (Å²) in [5, 5.41) is 0. The molecule has 120 valence electrons. The van der Waals surface area contributed by atoms with Gasteiger partial charge in [-0.15, -0.1) is 0 Å². The van der Waals surface area contributed by atoms with Crippen LogP contribution < -0.4 is 0 Å². The molecule has 3 aliphatic rings. The number of rotatable bonds is 0. The summed E-state index contributed by atoms with van der Waals surface area (Å²) in [6, 6.07) is 0. The minimum Gasteiger partial charge on any atom is -0.306 e. The van der Waals surface area contributed by atoms with Gasteiger partial charge in [-0.1, -0.05) is 6.42 Å². The highest BCUT2D eigenvalue weighted by Crippen LogP contribution is 2.24. The zero-order chi connectivity index (χ0) is 15.0. The lowest BCUT2D eigenvalue weighted by atomic mass is 10.1. The molecule has 0 unspecified atom stereocenters. The highest BCUT2D eigenvalue weighted by molar-refractivity contribution is 4.83. The molecule has 0 aromatic heterocycles. The Balaban J connectivity index is 0.000000151. The van der Waals surface area contributed by atoms with Crippen LogP contribution in [0.1, 0.15) is 32.1 Å². The normalized spacial score (nSPS) is 26.9. The van der Waals surface area contributed by atoms with Crippen LogP contribution in [-0.2, 0) is 0 Å². The van der Waals surface area contributed by atoms with Crippen molar-refractivity contribution in [2.75, 3.05) is 60.4 Å². The van der Waals surface area contributed by atoms with Crippen molar-refractivity contribution in [1.29, 1.82) is 0 Å². The molecular weight excluding hydrogens is 260 g/mol. The molecule has 0 radical (unpaired) electrons. The maximum atomic E-state index is 11.7. The fourth-order valence-corrected chi connectivity index (χ4v) is 2.67. The van der Waals surface area contributed by atoms with E-state index in [1.54, 1.807) is 11.9 Å². The first-order valence-corrected chi connectivity index (χ1v) is 7.82. The monoisotopic (exact) mass is 291 g/mol. The molecule has 0 amide bonds. The summed E-state index contributed by atoms with van der Waals surface area (Å²) in [6.45, 7) is 5.15. The van der Waals surface area contributed by atoms with Gasteiger partial charge in [0.25, 0.3) is 5.92 Å². The second-order valence-corrected chi connectivity index (χ2v) is 6.40. The van der Waals surface area contributed by atoms with Crippen LogP contribution in [0.15, 0.2) is 0 Å². The van der Waals surface area contributed by atoms with Gasteiger partial charge < -0.3 is 9.80 Å². The Morgan fingerprint density at radius 1 is 0.600 bits per heavy atom. The maximum absolute atomic E-state index is 11.7. The van der Waals surface area contributed by atoms with Crippen molar-refractivity contribution in [2.45, 2.75) is 38.0 Å². The van der Waals surface area contributed by atoms with Crippen molar-refractivity contribution >= 4 is 0 Å². The Morgan fingerprint density at radius 3 is 1.05 bits per heavy atom. The quantitative estimate of drug-likeness (QED) is 0.678. The first kappa shape index (κ1) is 17.8. The van der Waals surface area contributed by atoms with Crippen LogP contribution in [0.2, 0.25) is 0 Å². The van der Waals surface area contributed by atoms with Gasteiger partial charge in [-0.25, -0.2) is 8.78 Å². The third-order valence-corrected chi connectivity index (χ3v) is 3.91. The van der Waals surface area contributed by atoms with Crippen molar-refractivity contribution in [1.82, 2.24) is 14.7 Å². The molecular formula is C15H31F2N3. The van der Waals surface area contributed by atoms with Gasteiger partial charge >= 0.3 is 0 Å². The Labute approximate surface area is 122 Å². The van der Waals surface area contributed by atoms with Crippen LogP contribution in [0.25, 0.3) is 0 Å². The smallest absolute Gasteiger partial charge is 0.272 e.